The van der Waals surface area contributed by atoms with E-state index < -0.39 is 40.2 Å². The first-order valence-corrected chi connectivity index (χ1v) is 14.9. The number of sulfonamides is 1. The van der Waals surface area contributed by atoms with Gasteiger partial charge in [-0.15, -0.1) is 0 Å². The number of anilines is 1. The predicted octanol–water partition coefficient (Wildman–Crippen LogP) is 3.77. The Morgan fingerprint density at radius 3 is 2.15 bits per heavy atom. The van der Waals surface area contributed by atoms with E-state index in [1.54, 1.807) is 6.07 Å². The van der Waals surface area contributed by atoms with Gasteiger partial charge in [-0.2, -0.15) is 0 Å². The van der Waals surface area contributed by atoms with E-state index in [1.807, 2.05) is 44.2 Å². The molecule has 1 atom stereocenters. The summed E-state index contributed by atoms with van der Waals surface area (Å²) in [5.74, 6) is -0.841. The summed E-state index contributed by atoms with van der Waals surface area (Å²) in [6.45, 7) is 2.96. The van der Waals surface area contributed by atoms with Crippen LogP contribution in [0, 0.1) is 5.82 Å². The fourth-order valence-corrected chi connectivity index (χ4v) is 5.16. The van der Waals surface area contributed by atoms with E-state index in [1.165, 1.54) is 55.5 Å². The van der Waals surface area contributed by atoms with E-state index in [2.05, 4.69) is 5.32 Å². The van der Waals surface area contributed by atoms with Crippen LogP contribution in [0.4, 0.5) is 10.1 Å². The predicted molar refractivity (Wildman–Crippen MR) is 156 cm³/mol. The Morgan fingerprint density at radius 2 is 1.59 bits per heavy atom. The zero-order valence-corrected chi connectivity index (χ0v) is 24.7. The minimum Gasteiger partial charge on any atom is -0.497 e. The molecule has 0 aromatic heterocycles. The van der Waals surface area contributed by atoms with Gasteiger partial charge in [0, 0.05) is 25.1 Å². The van der Waals surface area contributed by atoms with Gasteiger partial charge in [-0.25, -0.2) is 12.8 Å². The molecule has 0 bridgehead atoms. The molecule has 0 unspecified atom stereocenters. The number of nitrogens with one attached hydrogen (secondary N) is 1. The first-order chi connectivity index (χ1) is 19.4. The first kappa shape index (κ1) is 31.4. The summed E-state index contributed by atoms with van der Waals surface area (Å²) in [5.41, 5.74) is 1.52. The minimum atomic E-state index is -3.99. The Labute approximate surface area is 240 Å². The molecule has 1 N–H and O–H groups in total. The molecular weight excluding hydrogens is 549 g/mol. The molecule has 0 aliphatic rings. The molecule has 11 heteroatoms. The number of rotatable bonds is 13. The fourth-order valence-electron chi connectivity index (χ4n) is 4.31. The quantitative estimate of drug-likeness (QED) is 0.328. The summed E-state index contributed by atoms with van der Waals surface area (Å²) in [6.07, 6.45) is 1.16. The van der Waals surface area contributed by atoms with Crippen LogP contribution in [0.3, 0.4) is 0 Å². The van der Waals surface area contributed by atoms with Crippen molar-refractivity contribution in [2.75, 3.05) is 31.3 Å². The molecule has 0 aliphatic heterocycles. The minimum absolute atomic E-state index is 0.0561. The summed E-state index contributed by atoms with van der Waals surface area (Å²) < 4.78 is 51.2. The van der Waals surface area contributed by atoms with Crippen LogP contribution >= 0.6 is 0 Å². The van der Waals surface area contributed by atoms with E-state index in [0.717, 1.165) is 16.1 Å². The SMILES string of the molecule is COc1ccc(N(CC(=O)N(Cc2ccc(F)cc2)[C@H](Cc2ccccc2)C(=O)NC(C)C)S(C)(=O)=O)c(OC)c1. The van der Waals surface area contributed by atoms with Crippen molar-refractivity contribution < 1.29 is 31.9 Å². The number of methoxy groups -OCH3 is 2. The summed E-state index contributed by atoms with van der Waals surface area (Å²) >= 11 is 0. The monoisotopic (exact) mass is 585 g/mol. The number of amides is 2. The lowest BCUT2D eigenvalue weighted by Gasteiger charge is -2.34. The van der Waals surface area contributed by atoms with Crippen LogP contribution in [-0.4, -0.2) is 64.2 Å². The third-order valence-corrected chi connectivity index (χ3v) is 7.43. The second kappa shape index (κ2) is 14.0. The molecule has 3 aromatic rings. The third-order valence-electron chi connectivity index (χ3n) is 6.30. The second-order valence-electron chi connectivity index (χ2n) is 9.82. The van der Waals surface area contributed by atoms with Crippen LogP contribution in [0.15, 0.2) is 72.8 Å². The Bertz CT molecular complexity index is 1430. The van der Waals surface area contributed by atoms with Crippen LogP contribution < -0.4 is 19.1 Å². The number of benzene rings is 3. The third kappa shape index (κ3) is 8.68. The Hall–Kier alpha value is -4.12. The Balaban J connectivity index is 2.08. The lowest BCUT2D eigenvalue weighted by Crippen LogP contribution is -2.54. The van der Waals surface area contributed by atoms with Gasteiger partial charge < -0.3 is 19.7 Å². The second-order valence-corrected chi connectivity index (χ2v) is 11.7. The largest absolute Gasteiger partial charge is 0.497 e. The molecule has 220 valence electrons. The molecule has 0 spiro atoms. The van der Waals surface area contributed by atoms with Crippen molar-refractivity contribution in [2.24, 2.45) is 0 Å². The molecule has 9 nitrogen and oxygen atoms in total. The van der Waals surface area contributed by atoms with Crippen molar-refractivity contribution in [3.8, 4) is 11.5 Å². The average molecular weight is 586 g/mol. The zero-order valence-electron chi connectivity index (χ0n) is 23.8. The van der Waals surface area contributed by atoms with Gasteiger partial charge in [0.05, 0.1) is 26.2 Å². The summed E-state index contributed by atoms with van der Waals surface area (Å²) in [6, 6.07) is 18.2. The van der Waals surface area contributed by atoms with Crippen molar-refractivity contribution in [1.29, 1.82) is 0 Å². The van der Waals surface area contributed by atoms with Crippen molar-refractivity contribution in [3.05, 3.63) is 89.7 Å². The van der Waals surface area contributed by atoms with Gasteiger partial charge in [-0.05, 0) is 49.2 Å². The van der Waals surface area contributed by atoms with Crippen LogP contribution in [0.2, 0.25) is 0 Å². The van der Waals surface area contributed by atoms with E-state index in [0.29, 0.717) is 11.3 Å². The number of carbonyl (C=O) groups excluding carboxylic acids is 2. The van der Waals surface area contributed by atoms with Gasteiger partial charge in [0.15, 0.2) is 0 Å². The molecule has 0 saturated heterocycles. The number of halogens is 1. The number of carbonyl (C=O) groups is 2. The highest BCUT2D eigenvalue weighted by atomic mass is 32.2. The van der Waals surface area contributed by atoms with E-state index >= 15 is 0 Å². The molecule has 2 amide bonds. The molecular formula is C30H36FN3O6S. The highest BCUT2D eigenvalue weighted by Gasteiger charge is 2.34. The summed E-state index contributed by atoms with van der Waals surface area (Å²) in [7, 11) is -1.14. The van der Waals surface area contributed by atoms with Crippen molar-refractivity contribution in [3.63, 3.8) is 0 Å². The average Bonchev–Trinajstić information content (AvgIpc) is 2.93. The van der Waals surface area contributed by atoms with Gasteiger partial charge in [0.1, 0.15) is 29.9 Å². The molecule has 0 radical (unpaired) electrons. The van der Waals surface area contributed by atoms with Gasteiger partial charge >= 0.3 is 0 Å². The standard InChI is InChI=1S/C30H36FN3O6S/c1-21(2)32-30(36)27(17-22-9-7-6-8-10-22)33(19-23-11-13-24(31)14-12-23)29(35)20-34(41(5,37)38)26-16-15-25(39-3)18-28(26)40-4/h6-16,18,21,27H,17,19-20H2,1-5H3,(H,32,36)/t27-/m1/s1. The van der Waals surface area contributed by atoms with Gasteiger partial charge in [0.25, 0.3) is 0 Å². The highest BCUT2D eigenvalue weighted by molar-refractivity contribution is 7.92. The molecule has 0 heterocycles. The van der Waals surface area contributed by atoms with Crippen molar-refractivity contribution in [1.82, 2.24) is 10.2 Å². The van der Waals surface area contributed by atoms with Gasteiger partial charge in [-0.1, -0.05) is 42.5 Å². The lowest BCUT2D eigenvalue weighted by molar-refractivity contribution is -0.140. The Morgan fingerprint density at radius 1 is 0.927 bits per heavy atom. The van der Waals surface area contributed by atoms with Crippen LogP contribution in [-0.2, 0) is 32.6 Å². The maximum Gasteiger partial charge on any atom is 0.244 e. The molecule has 0 fully saturated rings. The number of nitrogens with zero attached hydrogens (tertiary/aromatic N) is 2. The maximum absolute atomic E-state index is 14.1. The number of ether oxygens (including phenoxy) is 2. The maximum atomic E-state index is 14.1. The van der Waals surface area contributed by atoms with E-state index in [-0.39, 0.29) is 30.4 Å². The first-order valence-electron chi connectivity index (χ1n) is 13.0. The molecule has 3 aromatic carbocycles. The smallest absolute Gasteiger partial charge is 0.244 e. The number of hydrogen-bond acceptors (Lipinski definition) is 6. The zero-order chi connectivity index (χ0) is 30.2. The van der Waals surface area contributed by atoms with Gasteiger partial charge in [0.2, 0.25) is 21.8 Å². The van der Waals surface area contributed by atoms with Crippen molar-refractivity contribution >= 4 is 27.5 Å². The number of hydrogen-bond donors (Lipinski definition) is 1. The summed E-state index contributed by atoms with van der Waals surface area (Å²) in [4.78, 5) is 29.0. The fraction of sp³-hybridized carbons (Fsp3) is 0.333. The van der Waals surface area contributed by atoms with Crippen LogP contribution in [0.5, 0.6) is 11.5 Å². The van der Waals surface area contributed by atoms with Gasteiger partial charge in [-0.3, -0.25) is 13.9 Å². The van der Waals surface area contributed by atoms with E-state index in [9.17, 15) is 22.4 Å². The molecule has 0 saturated carbocycles. The van der Waals surface area contributed by atoms with Crippen LogP contribution in [0.1, 0.15) is 25.0 Å². The molecule has 0 aliphatic carbocycles. The Kier molecular flexibility index (Phi) is 10.7. The van der Waals surface area contributed by atoms with Crippen molar-refractivity contribution in [2.45, 2.75) is 38.9 Å². The van der Waals surface area contributed by atoms with E-state index in [4.69, 9.17) is 9.47 Å². The summed E-state index contributed by atoms with van der Waals surface area (Å²) in [5, 5.41) is 2.88. The lowest BCUT2D eigenvalue weighted by atomic mass is 10.0. The molecule has 3 rings (SSSR count). The molecule has 41 heavy (non-hydrogen) atoms. The topological polar surface area (TPSA) is 105 Å². The highest BCUT2D eigenvalue weighted by Crippen LogP contribution is 2.33. The normalized spacial score (nSPS) is 12.0. The van der Waals surface area contributed by atoms with Crippen LogP contribution in [0.25, 0.3) is 0 Å².